The summed E-state index contributed by atoms with van der Waals surface area (Å²) < 4.78 is 32.7. The van der Waals surface area contributed by atoms with E-state index in [1.165, 1.54) is 0 Å². The first-order valence-corrected chi connectivity index (χ1v) is 5.44. The highest BCUT2D eigenvalue weighted by Gasteiger charge is 2.08. The van der Waals surface area contributed by atoms with Crippen molar-refractivity contribution in [2.75, 3.05) is 6.61 Å². The van der Waals surface area contributed by atoms with Crippen LogP contribution < -0.4 is 0 Å². The lowest BCUT2D eigenvalue weighted by molar-refractivity contribution is 0.223. The van der Waals surface area contributed by atoms with Gasteiger partial charge in [-0.2, -0.15) is 8.42 Å². The third kappa shape index (κ3) is 7.97. The molecule has 4 nitrogen and oxygen atoms in total. The number of hydrogen-bond donors (Lipinski definition) is 1. The Morgan fingerprint density at radius 3 is 2.50 bits per heavy atom. The molecule has 0 aliphatic heterocycles. The standard InChI is InChI=1S/C7H16O4S/c1-3-4-5-7(2)6-11-12(8,9)10/h7H,3-6H2,1-2H3,(H,8,9,10). The molecule has 0 fully saturated rings. The van der Waals surface area contributed by atoms with Gasteiger partial charge in [0.15, 0.2) is 0 Å². The molecule has 74 valence electrons. The summed E-state index contributed by atoms with van der Waals surface area (Å²) in [6.45, 7) is 4.02. The molecule has 0 saturated heterocycles. The Balaban J connectivity index is 3.51. The maximum absolute atomic E-state index is 10.1. The summed E-state index contributed by atoms with van der Waals surface area (Å²) in [5, 5.41) is 0. The fourth-order valence-corrected chi connectivity index (χ4v) is 1.24. The molecule has 0 aromatic rings. The molecule has 0 aromatic heterocycles. The van der Waals surface area contributed by atoms with E-state index in [-0.39, 0.29) is 12.5 Å². The topological polar surface area (TPSA) is 63.6 Å². The van der Waals surface area contributed by atoms with Gasteiger partial charge in [-0.1, -0.05) is 26.7 Å². The second-order valence-electron chi connectivity index (χ2n) is 2.96. The van der Waals surface area contributed by atoms with Crippen LogP contribution in [0.15, 0.2) is 0 Å². The van der Waals surface area contributed by atoms with E-state index >= 15 is 0 Å². The number of hydrogen-bond acceptors (Lipinski definition) is 3. The zero-order valence-corrected chi connectivity index (χ0v) is 8.30. The van der Waals surface area contributed by atoms with E-state index in [0.29, 0.717) is 0 Å². The van der Waals surface area contributed by atoms with Gasteiger partial charge in [-0.15, -0.1) is 0 Å². The summed E-state index contributed by atoms with van der Waals surface area (Å²) in [4.78, 5) is 0. The molecule has 1 N–H and O–H groups in total. The van der Waals surface area contributed by atoms with Crippen LogP contribution in [0.25, 0.3) is 0 Å². The lowest BCUT2D eigenvalue weighted by Crippen LogP contribution is -2.11. The third-order valence-electron chi connectivity index (χ3n) is 1.55. The van der Waals surface area contributed by atoms with Crippen LogP contribution in [0.3, 0.4) is 0 Å². The van der Waals surface area contributed by atoms with E-state index in [0.717, 1.165) is 19.3 Å². The van der Waals surface area contributed by atoms with Crippen LogP contribution in [0.4, 0.5) is 0 Å². The highest BCUT2D eigenvalue weighted by atomic mass is 32.3. The van der Waals surface area contributed by atoms with Gasteiger partial charge < -0.3 is 0 Å². The fourth-order valence-electron chi connectivity index (χ4n) is 0.838. The lowest BCUT2D eigenvalue weighted by atomic mass is 10.1. The van der Waals surface area contributed by atoms with Gasteiger partial charge in [-0.3, -0.25) is 4.55 Å². The van der Waals surface area contributed by atoms with Gasteiger partial charge in [0.1, 0.15) is 0 Å². The Bertz CT molecular complexity index is 197. The molecule has 0 aliphatic rings. The molecule has 0 rings (SSSR count). The third-order valence-corrected chi connectivity index (χ3v) is 1.99. The summed E-state index contributed by atoms with van der Waals surface area (Å²) in [5.74, 6) is 0.173. The van der Waals surface area contributed by atoms with Crippen LogP contribution in [0.5, 0.6) is 0 Å². The van der Waals surface area contributed by atoms with Crippen LogP contribution >= 0.6 is 0 Å². The van der Waals surface area contributed by atoms with Crippen molar-refractivity contribution in [3.63, 3.8) is 0 Å². The molecule has 1 atom stereocenters. The Labute approximate surface area is 73.9 Å². The van der Waals surface area contributed by atoms with Gasteiger partial charge in [0.05, 0.1) is 6.61 Å². The molecule has 0 radical (unpaired) electrons. The molecule has 0 bridgehead atoms. The summed E-state index contributed by atoms with van der Waals surface area (Å²) in [7, 11) is -4.24. The SMILES string of the molecule is CCCCC(C)COS(=O)(=O)O. The first-order chi connectivity index (χ1) is 5.45. The minimum Gasteiger partial charge on any atom is -0.264 e. The molecule has 0 spiro atoms. The van der Waals surface area contributed by atoms with Crippen molar-refractivity contribution in [2.45, 2.75) is 33.1 Å². The van der Waals surface area contributed by atoms with Crippen molar-refractivity contribution >= 4 is 10.4 Å². The predicted molar refractivity (Wildman–Crippen MR) is 46.2 cm³/mol. The van der Waals surface area contributed by atoms with Crippen molar-refractivity contribution in [1.82, 2.24) is 0 Å². The Morgan fingerprint density at radius 1 is 1.50 bits per heavy atom. The minimum atomic E-state index is -4.24. The quantitative estimate of drug-likeness (QED) is 0.656. The van der Waals surface area contributed by atoms with Crippen LogP contribution in [0.2, 0.25) is 0 Å². The van der Waals surface area contributed by atoms with Crippen LogP contribution in [-0.4, -0.2) is 19.6 Å². The molecule has 0 saturated carbocycles. The minimum absolute atomic E-state index is 0.0683. The van der Waals surface area contributed by atoms with Gasteiger partial charge in [-0.25, -0.2) is 4.18 Å². The molecule has 1 unspecified atom stereocenters. The summed E-state index contributed by atoms with van der Waals surface area (Å²) in [6, 6.07) is 0. The molecule has 12 heavy (non-hydrogen) atoms. The molecule has 0 amide bonds. The van der Waals surface area contributed by atoms with E-state index in [4.69, 9.17) is 4.55 Å². The number of unbranched alkanes of at least 4 members (excludes halogenated alkanes) is 1. The second-order valence-corrected chi connectivity index (χ2v) is 4.05. The van der Waals surface area contributed by atoms with E-state index in [1.807, 2.05) is 6.92 Å². The van der Waals surface area contributed by atoms with Gasteiger partial charge in [0.25, 0.3) is 0 Å². The second kappa shape index (κ2) is 5.50. The van der Waals surface area contributed by atoms with Crippen LogP contribution in [0.1, 0.15) is 33.1 Å². The van der Waals surface area contributed by atoms with Gasteiger partial charge in [0.2, 0.25) is 0 Å². The summed E-state index contributed by atoms with van der Waals surface area (Å²) in [5.41, 5.74) is 0. The van der Waals surface area contributed by atoms with Crippen molar-refractivity contribution in [1.29, 1.82) is 0 Å². The van der Waals surface area contributed by atoms with E-state index in [9.17, 15) is 8.42 Å². The van der Waals surface area contributed by atoms with E-state index in [2.05, 4.69) is 11.1 Å². The monoisotopic (exact) mass is 196 g/mol. The lowest BCUT2D eigenvalue weighted by Gasteiger charge is -2.08. The van der Waals surface area contributed by atoms with E-state index in [1.54, 1.807) is 0 Å². The fraction of sp³-hybridized carbons (Fsp3) is 1.00. The Morgan fingerprint density at radius 2 is 2.08 bits per heavy atom. The summed E-state index contributed by atoms with van der Waals surface area (Å²) in [6.07, 6.45) is 3.05. The van der Waals surface area contributed by atoms with E-state index < -0.39 is 10.4 Å². The summed E-state index contributed by atoms with van der Waals surface area (Å²) >= 11 is 0. The zero-order chi connectivity index (χ0) is 9.61. The molecule has 0 aliphatic carbocycles. The molecule has 5 heteroatoms. The van der Waals surface area contributed by atoms with Gasteiger partial charge in [0, 0.05) is 0 Å². The smallest absolute Gasteiger partial charge is 0.264 e. The normalized spacial score (nSPS) is 14.6. The largest absolute Gasteiger partial charge is 0.397 e. The highest BCUT2D eigenvalue weighted by Crippen LogP contribution is 2.08. The number of rotatable bonds is 6. The van der Waals surface area contributed by atoms with Gasteiger partial charge in [-0.05, 0) is 12.3 Å². The maximum atomic E-state index is 10.1. The highest BCUT2D eigenvalue weighted by molar-refractivity contribution is 7.80. The average Bonchev–Trinajstić information content (AvgIpc) is 1.95. The molecular formula is C7H16O4S. The first-order valence-electron chi connectivity index (χ1n) is 4.07. The molecule has 0 aromatic carbocycles. The molecular weight excluding hydrogens is 180 g/mol. The Kier molecular flexibility index (Phi) is 5.44. The van der Waals surface area contributed by atoms with Crippen LogP contribution in [-0.2, 0) is 14.6 Å². The van der Waals surface area contributed by atoms with Gasteiger partial charge >= 0.3 is 10.4 Å². The average molecular weight is 196 g/mol. The van der Waals surface area contributed by atoms with Crippen LogP contribution in [0, 0.1) is 5.92 Å². The van der Waals surface area contributed by atoms with Crippen molar-refractivity contribution in [3.05, 3.63) is 0 Å². The maximum Gasteiger partial charge on any atom is 0.397 e. The molecule has 0 heterocycles. The predicted octanol–water partition coefficient (Wildman–Crippen LogP) is 1.63. The van der Waals surface area contributed by atoms with Crippen molar-refractivity contribution < 1.29 is 17.2 Å². The van der Waals surface area contributed by atoms with Crippen molar-refractivity contribution in [2.24, 2.45) is 5.92 Å². The first kappa shape index (κ1) is 11.9. The van der Waals surface area contributed by atoms with Crippen molar-refractivity contribution in [3.8, 4) is 0 Å². The zero-order valence-electron chi connectivity index (χ0n) is 7.49. The Hall–Kier alpha value is -0.130.